The molecule has 5 nitrogen and oxygen atoms in total. The standard InChI is InChI=1S/C14H24N2O3S/c1-4-9-15-11-13-5-7-14(8-6-13)20(17,18)16-10-12(2)19-3/h5-8,12,15-16H,4,9-11H2,1-3H3. The molecule has 1 unspecified atom stereocenters. The summed E-state index contributed by atoms with van der Waals surface area (Å²) in [6, 6.07) is 6.92. The van der Waals surface area contributed by atoms with Gasteiger partial charge in [0.1, 0.15) is 0 Å². The molecule has 0 aliphatic heterocycles. The summed E-state index contributed by atoms with van der Waals surface area (Å²) in [5.74, 6) is 0. The fourth-order valence-electron chi connectivity index (χ4n) is 1.59. The van der Waals surface area contributed by atoms with E-state index in [1.54, 1.807) is 19.2 Å². The maximum Gasteiger partial charge on any atom is 0.240 e. The SMILES string of the molecule is CCCNCc1ccc(S(=O)(=O)NCC(C)OC)cc1. The van der Waals surface area contributed by atoms with Gasteiger partial charge in [0.25, 0.3) is 0 Å². The van der Waals surface area contributed by atoms with Crippen LogP contribution in [0.15, 0.2) is 29.2 Å². The van der Waals surface area contributed by atoms with E-state index in [0.717, 1.165) is 25.1 Å². The molecule has 0 aromatic heterocycles. The predicted molar refractivity (Wildman–Crippen MR) is 80.1 cm³/mol. The summed E-state index contributed by atoms with van der Waals surface area (Å²) in [5, 5.41) is 3.28. The van der Waals surface area contributed by atoms with Gasteiger partial charge in [0.2, 0.25) is 10.0 Å². The van der Waals surface area contributed by atoms with Crippen molar-refractivity contribution in [2.75, 3.05) is 20.2 Å². The maximum absolute atomic E-state index is 12.0. The third kappa shape index (κ3) is 5.58. The number of ether oxygens (including phenoxy) is 1. The van der Waals surface area contributed by atoms with Gasteiger partial charge in [0.15, 0.2) is 0 Å². The summed E-state index contributed by atoms with van der Waals surface area (Å²) in [6.07, 6.45) is 0.927. The lowest BCUT2D eigenvalue weighted by molar-refractivity contribution is 0.122. The summed E-state index contributed by atoms with van der Waals surface area (Å²) < 4.78 is 31.6. The summed E-state index contributed by atoms with van der Waals surface area (Å²) in [6.45, 7) is 5.89. The van der Waals surface area contributed by atoms with Gasteiger partial charge in [-0.15, -0.1) is 0 Å². The number of hydrogen-bond acceptors (Lipinski definition) is 4. The molecular weight excluding hydrogens is 276 g/mol. The second-order valence-electron chi connectivity index (χ2n) is 4.72. The first-order valence-corrected chi connectivity index (χ1v) is 8.30. The summed E-state index contributed by atoms with van der Waals surface area (Å²) in [7, 11) is -1.91. The molecular formula is C14H24N2O3S. The Morgan fingerprint density at radius 1 is 1.25 bits per heavy atom. The monoisotopic (exact) mass is 300 g/mol. The van der Waals surface area contributed by atoms with Gasteiger partial charge < -0.3 is 10.1 Å². The molecule has 1 atom stereocenters. The van der Waals surface area contributed by atoms with Crippen molar-refractivity contribution < 1.29 is 13.2 Å². The number of rotatable bonds is 9. The quantitative estimate of drug-likeness (QED) is 0.678. The Bertz CT molecular complexity index is 486. The van der Waals surface area contributed by atoms with Gasteiger partial charge in [-0.25, -0.2) is 13.1 Å². The van der Waals surface area contributed by atoms with Gasteiger partial charge in [-0.1, -0.05) is 19.1 Å². The molecule has 20 heavy (non-hydrogen) atoms. The summed E-state index contributed by atoms with van der Waals surface area (Å²) >= 11 is 0. The highest BCUT2D eigenvalue weighted by Gasteiger charge is 2.14. The molecule has 0 fully saturated rings. The Kier molecular flexibility index (Phi) is 7.15. The fourth-order valence-corrected chi connectivity index (χ4v) is 2.70. The van der Waals surface area contributed by atoms with Crippen molar-refractivity contribution in [2.45, 2.75) is 37.8 Å². The Hall–Kier alpha value is -0.950. The zero-order valence-electron chi connectivity index (χ0n) is 12.3. The van der Waals surface area contributed by atoms with E-state index in [2.05, 4.69) is 17.0 Å². The van der Waals surface area contributed by atoms with Crippen LogP contribution in [0.5, 0.6) is 0 Å². The van der Waals surface area contributed by atoms with E-state index in [1.165, 1.54) is 0 Å². The predicted octanol–water partition coefficient (Wildman–Crippen LogP) is 1.50. The van der Waals surface area contributed by atoms with Crippen molar-refractivity contribution in [2.24, 2.45) is 0 Å². The largest absolute Gasteiger partial charge is 0.380 e. The Labute approximate surface area is 121 Å². The van der Waals surface area contributed by atoms with Crippen LogP contribution in [0.1, 0.15) is 25.8 Å². The minimum atomic E-state index is -3.46. The van der Waals surface area contributed by atoms with Crippen LogP contribution in [0, 0.1) is 0 Å². The zero-order chi connectivity index (χ0) is 15.0. The molecule has 114 valence electrons. The highest BCUT2D eigenvalue weighted by atomic mass is 32.2. The van der Waals surface area contributed by atoms with E-state index in [9.17, 15) is 8.42 Å². The second-order valence-corrected chi connectivity index (χ2v) is 6.49. The fraction of sp³-hybridized carbons (Fsp3) is 0.571. The lowest BCUT2D eigenvalue weighted by atomic mass is 10.2. The van der Waals surface area contributed by atoms with E-state index in [-0.39, 0.29) is 17.5 Å². The van der Waals surface area contributed by atoms with Crippen molar-refractivity contribution in [3.63, 3.8) is 0 Å². The average molecular weight is 300 g/mol. The lowest BCUT2D eigenvalue weighted by Crippen LogP contribution is -2.31. The smallest absolute Gasteiger partial charge is 0.240 e. The molecule has 0 heterocycles. The molecule has 6 heteroatoms. The number of hydrogen-bond donors (Lipinski definition) is 2. The molecule has 0 radical (unpaired) electrons. The van der Waals surface area contributed by atoms with Crippen LogP contribution in [0.3, 0.4) is 0 Å². The van der Waals surface area contributed by atoms with Crippen molar-refractivity contribution >= 4 is 10.0 Å². The van der Waals surface area contributed by atoms with Gasteiger partial charge in [-0.05, 0) is 37.6 Å². The van der Waals surface area contributed by atoms with Crippen molar-refractivity contribution in [3.8, 4) is 0 Å². The first-order valence-electron chi connectivity index (χ1n) is 6.81. The zero-order valence-corrected chi connectivity index (χ0v) is 13.2. The third-order valence-corrected chi connectivity index (χ3v) is 4.39. The second kappa shape index (κ2) is 8.36. The normalized spacial score (nSPS) is 13.3. The van der Waals surface area contributed by atoms with Crippen LogP contribution in [-0.2, 0) is 21.3 Å². The van der Waals surface area contributed by atoms with Gasteiger partial charge in [-0.3, -0.25) is 0 Å². The molecule has 2 N–H and O–H groups in total. The Morgan fingerprint density at radius 3 is 2.45 bits per heavy atom. The van der Waals surface area contributed by atoms with Gasteiger partial charge in [0.05, 0.1) is 11.0 Å². The van der Waals surface area contributed by atoms with Gasteiger partial charge >= 0.3 is 0 Å². The molecule has 1 aromatic rings. The number of benzene rings is 1. The maximum atomic E-state index is 12.0. The van der Waals surface area contributed by atoms with Gasteiger partial charge in [-0.2, -0.15) is 0 Å². The highest BCUT2D eigenvalue weighted by molar-refractivity contribution is 7.89. The Morgan fingerprint density at radius 2 is 1.90 bits per heavy atom. The molecule has 0 aliphatic rings. The van der Waals surface area contributed by atoms with Crippen LogP contribution in [0.25, 0.3) is 0 Å². The molecule has 0 saturated heterocycles. The van der Waals surface area contributed by atoms with Crippen LogP contribution in [0.2, 0.25) is 0 Å². The number of nitrogens with one attached hydrogen (secondary N) is 2. The van der Waals surface area contributed by atoms with E-state index in [4.69, 9.17) is 4.74 Å². The minimum Gasteiger partial charge on any atom is -0.380 e. The minimum absolute atomic E-state index is 0.151. The molecule has 1 aromatic carbocycles. The first-order chi connectivity index (χ1) is 9.49. The van der Waals surface area contributed by atoms with E-state index < -0.39 is 10.0 Å². The molecule has 0 saturated carbocycles. The van der Waals surface area contributed by atoms with Crippen molar-refractivity contribution in [1.29, 1.82) is 0 Å². The lowest BCUT2D eigenvalue weighted by Gasteiger charge is -2.11. The van der Waals surface area contributed by atoms with Crippen molar-refractivity contribution in [1.82, 2.24) is 10.0 Å². The van der Waals surface area contributed by atoms with Crippen LogP contribution in [-0.4, -0.2) is 34.7 Å². The average Bonchev–Trinajstić information content (AvgIpc) is 2.45. The first kappa shape index (κ1) is 17.1. The van der Waals surface area contributed by atoms with Gasteiger partial charge in [0, 0.05) is 20.2 Å². The van der Waals surface area contributed by atoms with Crippen molar-refractivity contribution in [3.05, 3.63) is 29.8 Å². The molecule has 0 amide bonds. The number of sulfonamides is 1. The molecule has 0 spiro atoms. The van der Waals surface area contributed by atoms with Crippen LogP contribution >= 0.6 is 0 Å². The Balaban J connectivity index is 2.62. The van der Waals surface area contributed by atoms with E-state index in [1.807, 2.05) is 19.1 Å². The van der Waals surface area contributed by atoms with Crippen LogP contribution < -0.4 is 10.0 Å². The van der Waals surface area contributed by atoms with E-state index in [0.29, 0.717) is 0 Å². The molecule has 0 aliphatic carbocycles. The van der Waals surface area contributed by atoms with Crippen LogP contribution in [0.4, 0.5) is 0 Å². The number of methoxy groups -OCH3 is 1. The summed E-state index contributed by atoms with van der Waals surface area (Å²) in [5.41, 5.74) is 1.07. The third-order valence-electron chi connectivity index (χ3n) is 2.95. The molecule has 0 bridgehead atoms. The highest BCUT2D eigenvalue weighted by Crippen LogP contribution is 2.10. The summed E-state index contributed by atoms with van der Waals surface area (Å²) in [4.78, 5) is 0.278. The molecule has 1 rings (SSSR count). The topological polar surface area (TPSA) is 67.4 Å². The van der Waals surface area contributed by atoms with E-state index >= 15 is 0 Å².